The number of likely N-dealkylation sites (tertiary alicyclic amines) is 1. The smallest absolute Gasteiger partial charge is 0.326 e. The Hall–Kier alpha value is -2.12. The molecule has 0 radical (unpaired) electrons. The molecular weight excluding hydrogens is 395 g/mol. The van der Waals surface area contributed by atoms with Crippen LogP contribution in [-0.4, -0.2) is 59.7 Å². The topological polar surface area (TPSA) is 84.0 Å². The van der Waals surface area contributed by atoms with Gasteiger partial charge >= 0.3 is 5.97 Å². The maximum Gasteiger partial charge on any atom is 0.326 e. The number of esters is 1. The first-order valence-corrected chi connectivity index (χ1v) is 9.32. The van der Waals surface area contributed by atoms with E-state index in [1.54, 1.807) is 4.90 Å². The molecule has 0 bridgehead atoms. The van der Waals surface area contributed by atoms with Crippen molar-refractivity contribution in [3.63, 3.8) is 0 Å². The van der Waals surface area contributed by atoms with E-state index in [9.17, 15) is 19.2 Å². The average molecular weight is 413 g/mol. The highest BCUT2D eigenvalue weighted by Crippen LogP contribution is 2.31. The van der Waals surface area contributed by atoms with Crippen LogP contribution in [0.25, 0.3) is 0 Å². The van der Waals surface area contributed by atoms with Crippen molar-refractivity contribution in [1.29, 1.82) is 0 Å². The zero-order valence-electron chi connectivity index (χ0n) is 14.7. The highest BCUT2D eigenvalue weighted by molar-refractivity contribution is 6.43. The summed E-state index contributed by atoms with van der Waals surface area (Å²) in [4.78, 5) is 51.2. The number of ether oxygens (including phenoxy) is 1. The fourth-order valence-corrected chi connectivity index (χ4v) is 3.42. The van der Waals surface area contributed by atoms with Crippen molar-refractivity contribution in [1.82, 2.24) is 9.80 Å². The van der Waals surface area contributed by atoms with E-state index in [1.807, 2.05) is 0 Å². The van der Waals surface area contributed by atoms with Crippen LogP contribution in [0.1, 0.15) is 40.5 Å². The molecule has 1 fully saturated rings. The molecule has 0 aromatic heterocycles. The van der Waals surface area contributed by atoms with Crippen LogP contribution < -0.4 is 0 Å². The molecule has 0 unspecified atom stereocenters. The number of carbonyl (C=O) groups is 4. The van der Waals surface area contributed by atoms with Crippen LogP contribution in [0.15, 0.2) is 12.1 Å². The van der Waals surface area contributed by atoms with E-state index in [0.717, 1.165) is 17.7 Å². The minimum Gasteiger partial charge on any atom is -0.454 e. The van der Waals surface area contributed by atoms with Gasteiger partial charge in [-0.2, -0.15) is 0 Å². The number of amides is 3. The van der Waals surface area contributed by atoms with E-state index < -0.39 is 30.9 Å². The molecule has 9 heteroatoms. The summed E-state index contributed by atoms with van der Waals surface area (Å²) in [5.41, 5.74) is 0.168. The Morgan fingerprint density at radius 2 is 1.59 bits per heavy atom. The molecule has 2 aliphatic rings. The molecule has 2 heterocycles. The molecule has 0 saturated carbocycles. The summed E-state index contributed by atoms with van der Waals surface area (Å²) < 4.78 is 4.96. The number of piperidine rings is 1. The molecule has 3 rings (SSSR count). The summed E-state index contributed by atoms with van der Waals surface area (Å²) in [7, 11) is 0. The van der Waals surface area contributed by atoms with Gasteiger partial charge in [-0.05, 0) is 30.9 Å². The van der Waals surface area contributed by atoms with Crippen LogP contribution >= 0.6 is 23.2 Å². The number of benzene rings is 1. The number of imide groups is 1. The second-order valence-corrected chi connectivity index (χ2v) is 7.55. The number of nitrogens with zero attached hydrogens (tertiary/aromatic N) is 2. The fourth-order valence-electron chi connectivity index (χ4n) is 3.09. The van der Waals surface area contributed by atoms with Crippen LogP contribution in [0, 0.1) is 5.92 Å². The van der Waals surface area contributed by atoms with Gasteiger partial charge in [-0.1, -0.05) is 30.1 Å². The Kier molecular flexibility index (Phi) is 5.72. The number of hydrogen-bond acceptors (Lipinski definition) is 5. The molecule has 1 saturated heterocycles. The lowest BCUT2D eigenvalue weighted by Crippen LogP contribution is -2.41. The monoisotopic (exact) mass is 412 g/mol. The maximum atomic E-state index is 12.3. The van der Waals surface area contributed by atoms with Crippen molar-refractivity contribution in [3.8, 4) is 0 Å². The largest absolute Gasteiger partial charge is 0.454 e. The van der Waals surface area contributed by atoms with E-state index >= 15 is 0 Å². The van der Waals surface area contributed by atoms with Gasteiger partial charge in [0.25, 0.3) is 17.7 Å². The minimum atomic E-state index is -0.833. The molecule has 1 aromatic rings. The van der Waals surface area contributed by atoms with Gasteiger partial charge in [0.05, 0.1) is 21.2 Å². The lowest BCUT2D eigenvalue weighted by atomic mass is 9.99. The molecule has 1 aromatic carbocycles. The van der Waals surface area contributed by atoms with Crippen molar-refractivity contribution < 1.29 is 23.9 Å². The predicted octanol–water partition coefficient (Wildman–Crippen LogP) is 2.39. The first-order chi connectivity index (χ1) is 12.8. The summed E-state index contributed by atoms with van der Waals surface area (Å²) in [6.45, 7) is 2.42. The Labute approximate surface area is 166 Å². The van der Waals surface area contributed by atoms with Gasteiger partial charge in [-0.25, -0.2) is 0 Å². The second kappa shape index (κ2) is 7.86. The van der Waals surface area contributed by atoms with Gasteiger partial charge < -0.3 is 9.64 Å². The Bertz CT molecular complexity index is 777. The average Bonchev–Trinajstić information content (AvgIpc) is 2.85. The molecule has 0 N–H and O–H groups in total. The van der Waals surface area contributed by atoms with Gasteiger partial charge in [0.2, 0.25) is 0 Å². The van der Waals surface area contributed by atoms with Crippen LogP contribution in [-0.2, 0) is 14.3 Å². The van der Waals surface area contributed by atoms with Crippen LogP contribution in [0.4, 0.5) is 0 Å². The van der Waals surface area contributed by atoms with Crippen LogP contribution in [0.2, 0.25) is 10.0 Å². The van der Waals surface area contributed by atoms with Gasteiger partial charge in [0.15, 0.2) is 6.61 Å². The zero-order chi connectivity index (χ0) is 19.7. The van der Waals surface area contributed by atoms with Crippen LogP contribution in [0.5, 0.6) is 0 Å². The van der Waals surface area contributed by atoms with Crippen molar-refractivity contribution in [2.24, 2.45) is 5.92 Å². The molecule has 7 nitrogen and oxygen atoms in total. The molecule has 27 heavy (non-hydrogen) atoms. The lowest BCUT2D eigenvalue weighted by Gasteiger charge is -2.30. The third kappa shape index (κ3) is 4.09. The SMILES string of the molecule is CC1CCN(C(=O)COC(=O)CN2C(=O)c3cc(Cl)c(Cl)cc3C2=O)CC1. The fraction of sp³-hybridized carbons (Fsp3) is 0.444. The van der Waals surface area contributed by atoms with Crippen molar-refractivity contribution in [2.75, 3.05) is 26.2 Å². The van der Waals surface area contributed by atoms with E-state index in [1.165, 1.54) is 12.1 Å². The van der Waals surface area contributed by atoms with E-state index in [4.69, 9.17) is 27.9 Å². The molecule has 0 aliphatic carbocycles. The summed E-state index contributed by atoms with van der Waals surface area (Å²) in [6, 6.07) is 2.59. The summed E-state index contributed by atoms with van der Waals surface area (Å²) >= 11 is 11.8. The Morgan fingerprint density at radius 1 is 1.07 bits per heavy atom. The van der Waals surface area contributed by atoms with Crippen molar-refractivity contribution in [2.45, 2.75) is 19.8 Å². The first kappa shape index (κ1) is 19.6. The summed E-state index contributed by atoms with van der Waals surface area (Å²) in [5.74, 6) is -1.84. The predicted molar refractivity (Wildman–Crippen MR) is 97.8 cm³/mol. The van der Waals surface area contributed by atoms with Crippen molar-refractivity contribution in [3.05, 3.63) is 33.3 Å². The quantitative estimate of drug-likeness (QED) is 0.559. The third-order valence-corrected chi connectivity index (χ3v) is 5.51. The van der Waals surface area contributed by atoms with Gasteiger partial charge in [-0.3, -0.25) is 24.1 Å². The van der Waals surface area contributed by atoms with E-state index in [-0.39, 0.29) is 27.1 Å². The standard InChI is InChI=1S/C18H18Cl2N2O5/c1-10-2-4-21(5-3-10)15(23)9-27-16(24)8-22-17(25)11-6-13(19)14(20)7-12(11)18(22)26/h6-7,10H,2-5,8-9H2,1H3. The minimum absolute atomic E-state index is 0.0840. The molecule has 2 aliphatic heterocycles. The lowest BCUT2D eigenvalue weighted by molar-refractivity contribution is -0.152. The number of hydrogen-bond donors (Lipinski definition) is 0. The number of fused-ring (bicyclic) bond motifs is 1. The molecule has 0 atom stereocenters. The normalized spacial score (nSPS) is 17.3. The first-order valence-electron chi connectivity index (χ1n) is 8.56. The third-order valence-electron chi connectivity index (χ3n) is 4.79. The molecular formula is C18H18Cl2N2O5. The maximum absolute atomic E-state index is 12.3. The number of carbonyl (C=O) groups excluding carboxylic acids is 4. The van der Waals surface area contributed by atoms with E-state index in [2.05, 4.69) is 6.92 Å². The Balaban J connectivity index is 1.56. The second-order valence-electron chi connectivity index (χ2n) is 6.73. The van der Waals surface area contributed by atoms with Crippen LogP contribution in [0.3, 0.4) is 0 Å². The molecule has 3 amide bonds. The van der Waals surface area contributed by atoms with Crippen molar-refractivity contribution >= 4 is 46.9 Å². The highest BCUT2D eigenvalue weighted by Gasteiger charge is 2.38. The van der Waals surface area contributed by atoms with Gasteiger partial charge in [0.1, 0.15) is 6.54 Å². The molecule has 144 valence electrons. The Morgan fingerprint density at radius 3 is 2.11 bits per heavy atom. The van der Waals surface area contributed by atoms with Gasteiger partial charge in [0, 0.05) is 13.1 Å². The summed E-state index contributed by atoms with van der Waals surface area (Å²) in [5, 5.41) is 0.282. The zero-order valence-corrected chi connectivity index (χ0v) is 16.2. The molecule has 0 spiro atoms. The van der Waals surface area contributed by atoms with Gasteiger partial charge in [-0.15, -0.1) is 0 Å². The highest BCUT2D eigenvalue weighted by atomic mass is 35.5. The number of halogens is 2. The number of rotatable bonds is 4. The summed E-state index contributed by atoms with van der Waals surface area (Å²) in [6.07, 6.45) is 1.83. The van der Waals surface area contributed by atoms with E-state index in [0.29, 0.717) is 19.0 Å².